The van der Waals surface area contributed by atoms with Crippen LogP contribution < -0.4 is 5.73 Å². The maximum atomic E-state index is 9.55. The lowest BCUT2D eigenvalue weighted by atomic mass is 10.1. The summed E-state index contributed by atoms with van der Waals surface area (Å²) in [5.74, 6) is 0.242. The number of benzene rings is 1. The van der Waals surface area contributed by atoms with Gasteiger partial charge in [-0.25, -0.2) is 0 Å². The molecule has 0 fully saturated rings. The van der Waals surface area contributed by atoms with Gasteiger partial charge in [-0.1, -0.05) is 18.2 Å². The molecule has 0 atom stereocenters. The third kappa shape index (κ3) is 1.27. The van der Waals surface area contributed by atoms with Gasteiger partial charge in [-0.3, -0.25) is 0 Å². The maximum absolute atomic E-state index is 9.55. The second kappa shape index (κ2) is 3.11. The summed E-state index contributed by atoms with van der Waals surface area (Å²) in [7, 11) is 0. The van der Waals surface area contributed by atoms with Crippen molar-refractivity contribution in [3.05, 3.63) is 29.8 Å². The third-order valence-electron chi connectivity index (χ3n) is 2.19. The number of aromatic amines is 1. The summed E-state index contributed by atoms with van der Waals surface area (Å²) in [5, 5.41) is 10.6. The predicted octanol–water partition coefficient (Wildman–Crippen LogP) is 1.37. The van der Waals surface area contributed by atoms with Crippen LogP contribution in [0.15, 0.2) is 24.3 Å². The van der Waals surface area contributed by atoms with Gasteiger partial charge in [0.15, 0.2) is 5.88 Å². The van der Waals surface area contributed by atoms with Crippen molar-refractivity contribution < 1.29 is 5.11 Å². The number of rotatable bonds is 2. The molecule has 0 spiro atoms. The van der Waals surface area contributed by atoms with Gasteiger partial charge in [-0.2, -0.15) is 0 Å². The molecule has 0 unspecified atom stereocenters. The molecule has 4 N–H and O–H groups in total. The lowest BCUT2D eigenvalue weighted by molar-refractivity contribution is 0.452. The molecule has 68 valence electrons. The second-order valence-electron chi connectivity index (χ2n) is 3.04. The van der Waals surface area contributed by atoms with Crippen molar-refractivity contribution in [3.8, 4) is 5.88 Å². The van der Waals surface area contributed by atoms with E-state index >= 15 is 0 Å². The van der Waals surface area contributed by atoms with E-state index in [-0.39, 0.29) is 5.88 Å². The zero-order valence-electron chi connectivity index (χ0n) is 7.25. The lowest BCUT2D eigenvalue weighted by Crippen LogP contribution is -2.02. The van der Waals surface area contributed by atoms with Crippen molar-refractivity contribution in [2.75, 3.05) is 6.54 Å². The number of aromatic hydroxyl groups is 1. The Balaban J connectivity index is 2.64. The monoisotopic (exact) mass is 176 g/mol. The second-order valence-corrected chi connectivity index (χ2v) is 3.04. The Morgan fingerprint density at radius 1 is 1.31 bits per heavy atom. The van der Waals surface area contributed by atoms with Crippen LogP contribution in [0.5, 0.6) is 5.88 Å². The third-order valence-corrected chi connectivity index (χ3v) is 2.19. The number of H-pyrrole nitrogens is 1. The van der Waals surface area contributed by atoms with Crippen molar-refractivity contribution in [3.63, 3.8) is 0 Å². The Morgan fingerprint density at radius 2 is 2.08 bits per heavy atom. The predicted molar refractivity (Wildman–Crippen MR) is 52.7 cm³/mol. The first kappa shape index (κ1) is 8.13. The number of nitrogens with one attached hydrogen (secondary N) is 1. The van der Waals surface area contributed by atoms with Crippen molar-refractivity contribution in [1.29, 1.82) is 0 Å². The Kier molecular flexibility index (Phi) is 1.94. The fourth-order valence-electron chi connectivity index (χ4n) is 1.58. The molecule has 0 saturated heterocycles. The summed E-state index contributed by atoms with van der Waals surface area (Å²) < 4.78 is 0. The zero-order chi connectivity index (χ0) is 9.26. The largest absolute Gasteiger partial charge is 0.494 e. The van der Waals surface area contributed by atoms with Gasteiger partial charge in [0.25, 0.3) is 0 Å². The molecule has 0 aliphatic carbocycles. The van der Waals surface area contributed by atoms with E-state index in [0.29, 0.717) is 13.0 Å². The average Bonchev–Trinajstić information content (AvgIpc) is 2.44. The molecule has 0 radical (unpaired) electrons. The van der Waals surface area contributed by atoms with Gasteiger partial charge >= 0.3 is 0 Å². The molecule has 1 heterocycles. The Bertz CT molecular complexity index is 420. The molecule has 2 rings (SSSR count). The van der Waals surface area contributed by atoms with Crippen molar-refractivity contribution in [2.24, 2.45) is 5.73 Å². The van der Waals surface area contributed by atoms with Gasteiger partial charge in [0.1, 0.15) is 0 Å². The molecule has 1 aromatic heterocycles. The van der Waals surface area contributed by atoms with Crippen LogP contribution in [-0.4, -0.2) is 16.6 Å². The first-order valence-corrected chi connectivity index (χ1v) is 4.31. The summed E-state index contributed by atoms with van der Waals surface area (Å²) >= 11 is 0. The molecule has 3 nitrogen and oxygen atoms in total. The minimum absolute atomic E-state index is 0.242. The van der Waals surface area contributed by atoms with Gasteiger partial charge in [-0.05, 0) is 19.0 Å². The number of nitrogens with two attached hydrogens (primary N) is 1. The number of hydrogen-bond donors (Lipinski definition) is 3. The number of hydrogen-bond acceptors (Lipinski definition) is 2. The van der Waals surface area contributed by atoms with Gasteiger partial charge < -0.3 is 15.8 Å². The van der Waals surface area contributed by atoms with Gasteiger partial charge in [0.05, 0.1) is 0 Å². The molecular weight excluding hydrogens is 164 g/mol. The molecule has 0 amide bonds. The van der Waals surface area contributed by atoms with Crippen LogP contribution in [0.1, 0.15) is 5.56 Å². The standard InChI is InChI=1S/C10H12N2O/c11-6-5-8-7-3-1-2-4-9(7)12-10(8)13/h1-4,12-13H,5-6,11H2. The van der Waals surface area contributed by atoms with Crippen molar-refractivity contribution in [2.45, 2.75) is 6.42 Å². The molecule has 0 saturated carbocycles. The van der Waals surface area contributed by atoms with E-state index in [2.05, 4.69) is 4.98 Å². The lowest BCUT2D eigenvalue weighted by Gasteiger charge is -1.95. The number of fused-ring (bicyclic) bond motifs is 1. The number of para-hydroxylation sites is 1. The first-order chi connectivity index (χ1) is 6.33. The van der Waals surface area contributed by atoms with Crippen LogP contribution in [0, 0.1) is 0 Å². The topological polar surface area (TPSA) is 62.0 Å². The van der Waals surface area contributed by atoms with Crippen LogP contribution in [0.25, 0.3) is 10.9 Å². The maximum Gasteiger partial charge on any atom is 0.192 e. The Labute approximate surface area is 76.2 Å². The SMILES string of the molecule is NCCc1c(O)[nH]c2ccccc12. The highest BCUT2D eigenvalue weighted by Crippen LogP contribution is 2.26. The van der Waals surface area contributed by atoms with Crippen LogP contribution in [0.2, 0.25) is 0 Å². The van der Waals surface area contributed by atoms with E-state index in [4.69, 9.17) is 5.73 Å². The quantitative estimate of drug-likeness (QED) is 0.647. The molecule has 3 heteroatoms. The summed E-state index contributed by atoms with van der Waals surface area (Å²) in [6.07, 6.45) is 0.704. The van der Waals surface area contributed by atoms with E-state index in [0.717, 1.165) is 16.5 Å². The molecule has 2 aromatic rings. The highest BCUT2D eigenvalue weighted by atomic mass is 16.3. The summed E-state index contributed by atoms with van der Waals surface area (Å²) in [4.78, 5) is 2.91. The van der Waals surface area contributed by atoms with E-state index < -0.39 is 0 Å². The van der Waals surface area contributed by atoms with E-state index in [9.17, 15) is 5.11 Å². The van der Waals surface area contributed by atoms with Gasteiger partial charge in [-0.15, -0.1) is 0 Å². The Hall–Kier alpha value is -1.48. The molecular formula is C10H12N2O. The van der Waals surface area contributed by atoms with E-state index in [1.807, 2.05) is 24.3 Å². The summed E-state index contributed by atoms with van der Waals surface area (Å²) in [5.41, 5.74) is 7.33. The highest BCUT2D eigenvalue weighted by molar-refractivity contribution is 5.85. The Morgan fingerprint density at radius 3 is 2.85 bits per heavy atom. The van der Waals surface area contributed by atoms with E-state index in [1.54, 1.807) is 0 Å². The summed E-state index contributed by atoms with van der Waals surface area (Å²) in [6, 6.07) is 7.81. The van der Waals surface area contributed by atoms with Crippen molar-refractivity contribution >= 4 is 10.9 Å². The average molecular weight is 176 g/mol. The van der Waals surface area contributed by atoms with Crippen LogP contribution in [-0.2, 0) is 6.42 Å². The minimum atomic E-state index is 0.242. The van der Waals surface area contributed by atoms with Crippen LogP contribution >= 0.6 is 0 Å². The smallest absolute Gasteiger partial charge is 0.192 e. The van der Waals surface area contributed by atoms with Crippen molar-refractivity contribution in [1.82, 2.24) is 4.98 Å². The van der Waals surface area contributed by atoms with E-state index in [1.165, 1.54) is 0 Å². The van der Waals surface area contributed by atoms with Gasteiger partial charge in [0, 0.05) is 16.5 Å². The van der Waals surface area contributed by atoms with Gasteiger partial charge in [0.2, 0.25) is 0 Å². The summed E-state index contributed by atoms with van der Waals surface area (Å²) in [6.45, 7) is 0.551. The highest BCUT2D eigenvalue weighted by Gasteiger charge is 2.08. The van der Waals surface area contributed by atoms with Crippen LogP contribution in [0.3, 0.4) is 0 Å². The fraction of sp³-hybridized carbons (Fsp3) is 0.200. The molecule has 13 heavy (non-hydrogen) atoms. The normalized spacial score (nSPS) is 10.8. The molecule has 0 aliphatic heterocycles. The number of aromatic nitrogens is 1. The molecule has 1 aromatic carbocycles. The minimum Gasteiger partial charge on any atom is -0.494 e. The first-order valence-electron chi connectivity index (χ1n) is 4.31. The van der Waals surface area contributed by atoms with Crippen LogP contribution in [0.4, 0.5) is 0 Å². The zero-order valence-corrected chi connectivity index (χ0v) is 7.25. The molecule has 0 bridgehead atoms. The fourth-order valence-corrected chi connectivity index (χ4v) is 1.58. The molecule has 0 aliphatic rings.